The molecule has 0 saturated heterocycles. The highest BCUT2D eigenvalue weighted by Gasteiger charge is 2.12. The molecule has 1 unspecified atom stereocenters. The van der Waals surface area contributed by atoms with Gasteiger partial charge in [-0.3, -0.25) is 10.1 Å². The van der Waals surface area contributed by atoms with Crippen LogP contribution in [0.2, 0.25) is 0 Å². The minimum absolute atomic E-state index is 0.0137. The number of nitrogens with zero attached hydrogens (tertiary/aromatic N) is 1. The number of nitro benzene ring substituents is 1. The Bertz CT molecular complexity index is 412. The summed E-state index contributed by atoms with van der Waals surface area (Å²) in [5.74, 6) is 0.319. The van der Waals surface area contributed by atoms with Crippen LogP contribution in [-0.2, 0) is 4.74 Å². The Morgan fingerprint density at radius 3 is 2.83 bits per heavy atom. The summed E-state index contributed by atoms with van der Waals surface area (Å²) in [4.78, 5) is 10.1. The lowest BCUT2D eigenvalue weighted by Crippen LogP contribution is -2.23. The van der Waals surface area contributed by atoms with E-state index in [1.807, 2.05) is 6.92 Å². The minimum atomic E-state index is -0.767. The first kappa shape index (κ1) is 14.9. The van der Waals surface area contributed by atoms with Gasteiger partial charge in [-0.2, -0.15) is 0 Å². The number of halogens is 1. The topological polar surface area (TPSA) is 81.8 Å². The fourth-order valence-corrected chi connectivity index (χ4v) is 1.57. The lowest BCUT2D eigenvalue weighted by atomic mass is 10.3. The zero-order valence-corrected chi connectivity index (χ0v) is 11.4. The van der Waals surface area contributed by atoms with Gasteiger partial charge in [-0.1, -0.05) is 0 Å². The van der Waals surface area contributed by atoms with Crippen molar-refractivity contribution in [3.8, 4) is 5.75 Å². The Morgan fingerprint density at radius 2 is 2.22 bits per heavy atom. The molecule has 1 atom stereocenters. The summed E-state index contributed by atoms with van der Waals surface area (Å²) in [5.41, 5.74) is -0.0625. The second kappa shape index (κ2) is 7.30. The number of rotatable bonds is 7. The Hall–Kier alpha value is -1.18. The molecule has 0 aliphatic heterocycles. The fraction of sp³-hybridized carbons (Fsp3) is 0.455. The van der Waals surface area contributed by atoms with Crippen molar-refractivity contribution in [2.75, 3.05) is 19.8 Å². The van der Waals surface area contributed by atoms with E-state index >= 15 is 0 Å². The molecule has 0 bridgehead atoms. The number of hydrogen-bond donors (Lipinski definition) is 1. The van der Waals surface area contributed by atoms with Gasteiger partial charge in [-0.25, -0.2) is 0 Å². The molecule has 6 nitrogen and oxygen atoms in total. The van der Waals surface area contributed by atoms with Gasteiger partial charge in [0.25, 0.3) is 5.69 Å². The molecule has 0 spiro atoms. The first-order chi connectivity index (χ1) is 8.54. The zero-order valence-electron chi connectivity index (χ0n) is 9.84. The van der Waals surface area contributed by atoms with Gasteiger partial charge in [0.1, 0.15) is 18.5 Å². The second-order valence-electron chi connectivity index (χ2n) is 3.50. The van der Waals surface area contributed by atoms with Crippen LogP contribution in [0.4, 0.5) is 5.69 Å². The maximum absolute atomic E-state index is 10.6. The molecule has 0 radical (unpaired) electrons. The molecule has 0 saturated carbocycles. The summed E-state index contributed by atoms with van der Waals surface area (Å²) < 4.78 is 10.9. The lowest BCUT2D eigenvalue weighted by Gasteiger charge is -2.13. The molecule has 0 aliphatic carbocycles. The van der Waals surface area contributed by atoms with Crippen molar-refractivity contribution in [1.82, 2.24) is 0 Å². The zero-order chi connectivity index (χ0) is 13.5. The van der Waals surface area contributed by atoms with E-state index in [0.717, 1.165) is 0 Å². The monoisotopic (exact) mass is 319 g/mol. The largest absolute Gasteiger partial charge is 0.489 e. The van der Waals surface area contributed by atoms with Crippen LogP contribution in [0.15, 0.2) is 22.7 Å². The summed E-state index contributed by atoms with van der Waals surface area (Å²) in [7, 11) is 0. The molecule has 0 aliphatic rings. The highest BCUT2D eigenvalue weighted by molar-refractivity contribution is 9.10. The highest BCUT2D eigenvalue weighted by atomic mass is 79.9. The van der Waals surface area contributed by atoms with Gasteiger partial charge >= 0.3 is 0 Å². The number of benzene rings is 1. The van der Waals surface area contributed by atoms with E-state index in [1.54, 1.807) is 0 Å². The number of hydrogen-bond acceptors (Lipinski definition) is 5. The van der Waals surface area contributed by atoms with Crippen molar-refractivity contribution in [2.24, 2.45) is 0 Å². The normalized spacial score (nSPS) is 12.2. The first-order valence-electron chi connectivity index (χ1n) is 5.37. The maximum atomic E-state index is 10.6. The van der Waals surface area contributed by atoms with Crippen molar-refractivity contribution >= 4 is 21.6 Å². The van der Waals surface area contributed by atoms with E-state index in [4.69, 9.17) is 9.47 Å². The number of nitro groups is 1. The van der Waals surface area contributed by atoms with Gasteiger partial charge in [-0.15, -0.1) is 0 Å². The molecule has 0 amide bonds. The molecule has 100 valence electrons. The van der Waals surface area contributed by atoms with Gasteiger partial charge in [0.15, 0.2) is 0 Å². The molecule has 0 heterocycles. The van der Waals surface area contributed by atoms with Crippen molar-refractivity contribution < 1.29 is 19.5 Å². The van der Waals surface area contributed by atoms with Gasteiger partial charge in [0.05, 0.1) is 22.1 Å². The predicted octanol–water partition coefficient (Wildman–Crippen LogP) is 2.13. The van der Waals surface area contributed by atoms with E-state index < -0.39 is 11.0 Å². The van der Waals surface area contributed by atoms with Crippen molar-refractivity contribution in [3.63, 3.8) is 0 Å². The third-order valence-corrected chi connectivity index (χ3v) is 2.73. The lowest BCUT2D eigenvalue weighted by molar-refractivity contribution is -0.385. The Morgan fingerprint density at radius 1 is 1.50 bits per heavy atom. The quantitative estimate of drug-likeness (QED) is 0.615. The molecule has 1 aromatic rings. The van der Waals surface area contributed by atoms with E-state index in [9.17, 15) is 15.2 Å². The maximum Gasteiger partial charge on any atom is 0.273 e. The molecule has 18 heavy (non-hydrogen) atoms. The van der Waals surface area contributed by atoms with Crippen molar-refractivity contribution in [2.45, 2.75) is 13.0 Å². The Kier molecular flexibility index (Phi) is 6.03. The molecule has 0 aromatic heterocycles. The van der Waals surface area contributed by atoms with Crippen LogP contribution in [0.5, 0.6) is 5.75 Å². The standard InChI is InChI=1S/C11H14BrNO5/c1-2-17-6-9(14)7-18-11-5-8(13(15)16)3-4-10(11)12/h3-5,9,14H,2,6-7H2,1H3. The van der Waals surface area contributed by atoms with Crippen LogP contribution >= 0.6 is 15.9 Å². The molecule has 1 aromatic carbocycles. The van der Waals surface area contributed by atoms with Crippen LogP contribution in [-0.4, -0.2) is 36.0 Å². The summed E-state index contributed by atoms with van der Waals surface area (Å²) in [5, 5.41) is 20.1. The van der Waals surface area contributed by atoms with E-state index in [-0.39, 0.29) is 18.9 Å². The van der Waals surface area contributed by atoms with E-state index in [2.05, 4.69) is 15.9 Å². The third kappa shape index (κ3) is 4.59. The first-order valence-corrected chi connectivity index (χ1v) is 6.16. The SMILES string of the molecule is CCOCC(O)COc1cc([N+](=O)[O-])ccc1Br. The predicted molar refractivity (Wildman–Crippen MR) is 68.8 cm³/mol. The van der Waals surface area contributed by atoms with Gasteiger partial charge in [0.2, 0.25) is 0 Å². The molecule has 0 fully saturated rings. The average molecular weight is 320 g/mol. The third-order valence-electron chi connectivity index (χ3n) is 2.07. The smallest absolute Gasteiger partial charge is 0.273 e. The number of aliphatic hydroxyl groups is 1. The van der Waals surface area contributed by atoms with Crippen molar-refractivity contribution in [1.29, 1.82) is 0 Å². The fourth-order valence-electron chi connectivity index (χ4n) is 1.20. The van der Waals surface area contributed by atoms with Crippen LogP contribution in [0.1, 0.15) is 6.92 Å². The van der Waals surface area contributed by atoms with Crippen molar-refractivity contribution in [3.05, 3.63) is 32.8 Å². The van der Waals surface area contributed by atoms with Crippen LogP contribution in [0.3, 0.4) is 0 Å². The molecular formula is C11H14BrNO5. The molecular weight excluding hydrogens is 306 g/mol. The van der Waals surface area contributed by atoms with E-state index in [0.29, 0.717) is 16.8 Å². The molecule has 7 heteroatoms. The van der Waals surface area contributed by atoms with Gasteiger partial charge in [0, 0.05) is 12.7 Å². The van der Waals surface area contributed by atoms with Gasteiger partial charge in [-0.05, 0) is 28.9 Å². The molecule has 1 rings (SSSR count). The number of non-ortho nitro benzene ring substituents is 1. The van der Waals surface area contributed by atoms with Gasteiger partial charge < -0.3 is 14.6 Å². The molecule has 1 N–H and O–H groups in total. The van der Waals surface area contributed by atoms with Crippen LogP contribution in [0.25, 0.3) is 0 Å². The van der Waals surface area contributed by atoms with Crippen LogP contribution < -0.4 is 4.74 Å². The summed E-state index contributed by atoms with van der Waals surface area (Å²) in [6, 6.07) is 4.20. The summed E-state index contributed by atoms with van der Waals surface area (Å²) >= 11 is 3.22. The summed E-state index contributed by atoms with van der Waals surface area (Å²) in [6.45, 7) is 2.52. The Balaban J connectivity index is 2.60. The minimum Gasteiger partial charge on any atom is -0.489 e. The second-order valence-corrected chi connectivity index (χ2v) is 4.35. The van der Waals surface area contributed by atoms with E-state index in [1.165, 1.54) is 18.2 Å². The average Bonchev–Trinajstić information content (AvgIpc) is 2.35. The highest BCUT2D eigenvalue weighted by Crippen LogP contribution is 2.29. The summed E-state index contributed by atoms with van der Waals surface area (Å²) in [6.07, 6.45) is -0.767. The number of ether oxygens (including phenoxy) is 2. The van der Waals surface area contributed by atoms with Crippen LogP contribution in [0, 0.1) is 10.1 Å². The Labute approximate surface area is 113 Å². The number of aliphatic hydroxyl groups excluding tert-OH is 1.